The molecule has 13 rings (SSSR count). The molecule has 0 bridgehead atoms. The molecule has 3 fully saturated rings. The minimum atomic E-state index is -2.32. The zero-order chi connectivity index (χ0) is 81.9. The molecule has 5 atom stereocenters. The van der Waals surface area contributed by atoms with Crippen LogP contribution in [0.15, 0.2) is 194 Å². The van der Waals surface area contributed by atoms with Crippen molar-refractivity contribution in [2.45, 2.75) is 142 Å². The average molecular weight is 1630 g/mol. The van der Waals surface area contributed by atoms with Crippen molar-refractivity contribution in [2.24, 2.45) is 5.41 Å². The van der Waals surface area contributed by atoms with Crippen molar-refractivity contribution in [2.75, 3.05) is 59.6 Å². The minimum Gasteiger partial charge on any atom is -0.508 e. The Morgan fingerprint density at radius 1 is 0.487 bits per heavy atom. The van der Waals surface area contributed by atoms with Crippen LogP contribution in [0.3, 0.4) is 0 Å². The Balaban J connectivity index is 0.000000175. The molecular formula is C90H98Cl3N5O17. The average Bonchev–Trinajstić information content (AvgIpc) is 1.68. The fraction of sp³-hybridized carbons (Fsp3) is 0.356. The van der Waals surface area contributed by atoms with Crippen molar-refractivity contribution in [3.8, 4) is 57.0 Å². The van der Waals surface area contributed by atoms with Gasteiger partial charge in [0, 0.05) is 68.8 Å². The Kier molecular flexibility index (Phi) is 29.4. The number of methoxy groups -OCH3 is 1. The highest BCUT2D eigenvalue weighted by Crippen LogP contribution is 2.41. The van der Waals surface area contributed by atoms with E-state index < -0.39 is 69.7 Å². The number of carbonyl (C=O) groups excluding carboxylic acids is 5. The molecule has 115 heavy (non-hydrogen) atoms. The number of nitrogens with zero attached hydrogens (tertiary/aromatic N) is 4. The van der Waals surface area contributed by atoms with Crippen molar-refractivity contribution in [3.63, 3.8) is 0 Å². The van der Waals surface area contributed by atoms with E-state index in [4.69, 9.17) is 87.6 Å². The first-order valence-corrected chi connectivity index (χ1v) is 39.5. The number of rotatable bonds is 26. The number of fused-ring (bicyclic) bond motifs is 2. The van der Waals surface area contributed by atoms with E-state index in [0.29, 0.717) is 32.1 Å². The summed E-state index contributed by atoms with van der Waals surface area (Å²) in [7, 11) is 1.02. The molecule has 0 unspecified atom stereocenters. The monoisotopic (exact) mass is 1630 g/mol. The lowest BCUT2D eigenvalue weighted by Gasteiger charge is -2.43. The molecule has 5 heterocycles. The number of hydrogen-bond acceptors (Lipinski definition) is 20. The molecule has 3 aliphatic heterocycles. The van der Waals surface area contributed by atoms with Gasteiger partial charge in [0.15, 0.2) is 18.3 Å². The molecule has 0 spiro atoms. The number of esters is 5. The summed E-state index contributed by atoms with van der Waals surface area (Å²) in [4.78, 5) is 64.3. The maximum Gasteiger partial charge on any atom is 0.339 e. The van der Waals surface area contributed by atoms with Crippen molar-refractivity contribution in [1.29, 1.82) is 5.41 Å². The molecule has 25 heteroatoms. The number of likely N-dealkylation sites (tertiary alicyclic amines) is 2. The summed E-state index contributed by atoms with van der Waals surface area (Å²) >= 11 is 16.7. The Hall–Kier alpha value is -10.6. The van der Waals surface area contributed by atoms with Crippen molar-refractivity contribution in [1.82, 2.24) is 18.9 Å². The highest BCUT2D eigenvalue weighted by molar-refractivity contribution is 6.76. The van der Waals surface area contributed by atoms with E-state index in [0.717, 1.165) is 133 Å². The van der Waals surface area contributed by atoms with Gasteiger partial charge in [0.2, 0.25) is 18.3 Å². The number of benzene rings is 8. The molecule has 2 aromatic heterocycles. The Morgan fingerprint density at radius 2 is 0.887 bits per heavy atom. The first-order valence-electron chi connectivity index (χ1n) is 38.3. The van der Waals surface area contributed by atoms with E-state index in [1.54, 1.807) is 12.1 Å². The van der Waals surface area contributed by atoms with Crippen molar-refractivity contribution < 1.29 is 81.2 Å². The van der Waals surface area contributed by atoms with Crippen molar-refractivity contribution >= 4 is 92.4 Å². The zero-order valence-corrected chi connectivity index (χ0v) is 68.3. The van der Waals surface area contributed by atoms with Gasteiger partial charge in [-0.25, -0.2) is 4.79 Å². The van der Waals surface area contributed by atoms with Gasteiger partial charge >= 0.3 is 29.8 Å². The molecular weight excluding hydrogens is 1530 g/mol. The Morgan fingerprint density at radius 3 is 1.30 bits per heavy atom. The molecule has 3 saturated heterocycles. The van der Waals surface area contributed by atoms with Gasteiger partial charge < -0.3 is 66.3 Å². The molecule has 0 radical (unpaired) electrons. The summed E-state index contributed by atoms with van der Waals surface area (Å²) in [5.41, 5.74) is 13.1. The van der Waals surface area contributed by atoms with Crippen LogP contribution >= 0.6 is 34.8 Å². The molecule has 2 N–H and O–H groups in total. The third kappa shape index (κ3) is 23.4. The quantitative estimate of drug-likeness (QED) is 0.0128. The first-order chi connectivity index (χ1) is 55.1. The van der Waals surface area contributed by atoms with Crippen LogP contribution in [-0.4, -0.2) is 154 Å². The van der Waals surface area contributed by atoms with E-state index in [1.807, 2.05) is 93.6 Å². The zero-order valence-electron chi connectivity index (χ0n) is 66.1. The van der Waals surface area contributed by atoms with Crippen LogP contribution in [0, 0.1) is 24.7 Å². The fourth-order valence-corrected chi connectivity index (χ4v) is 14.1. The molecule has 10 aromatic rings. The number of nitrogens with one attached hydrogen (secondary N) is 1. The van der Waals surface area contributed by atoms with E-state index >= 15 is 0 Å². The van der Waals surface area contributed by atoms with Crippen LogP contribution in [0.25, 0.3) is 44.3 Å². The molecule has 3 aliphatic rings. The fourth-order valence-electron chi connectivity index (χ4n) is 14.0. The van der Waals surface area contributed by atoms with Crippen LogP contribution in [0.2, 0.25) is 0 Å². The number of aromatic nitrogens is 2. The van der Waals surface area contributed by atoms with Gasteiger partial charge in [-0.3, -0.25) is 34.4 Å². The third-order valence-electron chi connectivity index (χ3n) is 19.8. The van der Waals surface area contributed by atoms with E-state index in [1.165, 1.54) is 74.1 Å². The molecule has 0 aliphatic carbocycles. The Labute approximate surface area is 685 Å². The molecule has 22 nitrogen and oxygen atoms in total. The van der Waals surface area contributed by atoms with E-state index in [2.05, 4.69) is 147 Å². The number of phenols is 1. The number of hydrogen-bond donors (Lipinski definition) is 2. The van der Waals surface area contributed by atoms with Crippen LogP contribution in [-0.2, 0) is 78.7 Å². The lowest BCUT2D eigenvalue weighted by Crippen LogP contribution is -2.64. The highest BCUT2D eigenvalue weighted by Gasteiger charge is 2.56. The predicted octanol–water partition coefficient (Wildman–Crippen LogP) is 17.1. The smallest absolute Gasteiger partial charge is 0.339 e. The number of alkyl halides is 3. The minimum absolute atomic E-state index is 0.253. The van der Waals surface area contributed by atoms with Crippen LogP contribution in [0.4, 0.5) is 0 Å². The van der Waals surface area contributed by atoms with E-state index in [-0.39, 0.29) is 11.7 Å². The summed E-state index contributed by atoms with van der Waals surface area (Å²) in [5.74, 6) is -0.531. The number of aromatic hydroxyl groups is 1. The standard InChI is InChI=1S/C40H44N2O4.C35H36N2O3.C15H18Cl3NO10/c1-29-36-26-35(45-28-31-10-6-5-7-11-31)20-21-37(36)42(38(29)32-14-18-34(19-15-32)46-39(43)40(2,3)4)27-30-12-16-33(17-13-30)44-25-24-41-22-8-9-23-41;1-26-33-23-32(40-25-28-7-3-2-4-8-28)17-18-34(33)37(35(26)29-11-13-30(38)14-12-29)24-27-9-15-31(16-10-27)39-22-21-36-19-5-6-20-36;1-5(20)25-8-9(26-6(2)21)11(27-7(3)22)13(28-10(8)12(23)24-4)29-14(19)15(16,17)18/h5-7,10-21,26H,8-9,22-25,27-28H2,1-4H3;2-4,7-18,23,38H,5-6,19-22,24-25H2,1H3;8-11,13,19H,1-4H3/t;;8-,9-,10-,11+,13+/m..0/s1. The van der Waals surface area contributed by atoms with Crippen LogP contribution < -0.4 is 23.7 Å². The second kappa shape index (κ2) is 39.6. The van der Waals surface area contributed by atoms with E-state index in [9.17, 15) is 29.1 Å². The second-order valence-electron chi connectivity index (χ2n) is 29.4. The number of ether oxygens (including phenoxy) is 11. The number of halogens is 3. The largest absolute Gasteiger partial charge is 0.508 e. The van der Waals surface area contributed by atoms with Gasteiger partial charge in [0.25, 0.3) is 3.79 Å². The summed E-state index contributed by atoms with van der Waals surface area (Å²) in [5, 5.41) is 19.9. The second-order valence-corrected chi connectivity index (χ2v) is 31.7. The van der Waals surface area contributed by atoms with Crippen molar-refractivity contribution in [3.05, 3.63) is 228 Å². The predicted molar refractivity (Wildman–Crippen MR) is 442 cm³/mol. The van der Waals surface area contributed by atoms with Crippen LogP contribution in [0.1, 0.15) is 101 Å². The third-order valence-corrected chi connectivity index (χ3v) is 20.3. The normalized spacial score (nSPS) is 16.9. The first kappa shape index (κ1) is 85.3. The Bertz CT molecular complexity index is 4940. The van der Waals surface area contributed by atoms with Gasteiger partial charge in [0.05, 0.1) is 23.9 Å². The lowest BCUT2D eigenvalue weighted by molar-refractivity contribution is -0.285. The number of carbonyl (C=O) groups is 5. The molecule has 0 amide bonds. The van der Waals surface area contributed by atoms with Gasteiger partial charge in [-0.1, -0.05) is 120 Å². The summed E-state index contributed by atoms with van der Waals surface area (Å²) in [6.45, 7) is 23.6. The summed E-state index contributed by atoms with van der Waals surface area (Å²) in [6, 6.07) is 65.4. The highest BCUT2D eigenvalue weighted by atomic mass is 35.6. The number of aryl methyl sites for hydroxylation is 2. The summed E-state index contributed by atoms with van der Waals surface area (Å²) < 4.78 is 62.9. The topological polar surface area (TPSA) is 247 Å². The van der Waals surface area contributed by atoms with Gasteiger partial charge in [-0.15, -0.1) is 0 Å². The molecule has 0 saturated carbocycles. The maximum atomic E-state index is 12.5. The molecule has 8 aromatic carbocycles. The SMILES string of the molecule is COC(=O)[C@H]1O[C@H](OC(=N)C(Cl)(Cl)Cl)[C@H](OC(C)=O)[C@@H](OC(C)=O)[C@@H]1OC(C)=O.Cc1c(-c2ccc(O)cc2)n(Cc2ccc(OCCN3CCCC3)cc2)c2ccc(OCc3ccccc3)cc12.Cc1c(-c2ccc(OC(=O)C(C)(C)C)cc2)n(Cc2ccc(OCCN3CCCC3)cc2)c2ccc(OCc3ccccc3)cc12. The maximum absolute atomic E-state index is 12.5. The lowest BCUT2D eigenvalue weighted by atomic mass is 9.97. The summed E-state index contributed by atoms with van der Waals surface area (Å²) in [6.07, 6.45) is -3.01. The molecule has 606 valence electrons. The van der Waals surface area contributed by atoms with Gasteiger partial charge in [-0.2, -0.15) is 0 Å². The van der Waals surface area contributed by atoms with Gasteiger partial charge in [-0.05, 0) is 240 Å². The van der Waals surface area contributed by atoms with Crippen LogP contribution in [0.5, 0.6) is 34.5 Å². The van der Waals surface area contributed by atoms with Gasteiger partial charge in [0.1, 0.15) is 60.9 Å². The number of phenolic OH excluding ortho intramolecular Hbond substituents is 1.